The number of aliphatic hydroxyl groups excluding tert-OH is 1. The van der Waals surface area contributed by atoms with Crippen LogP contribution < -0.4 is 10.2 Å². The monoisotopic (exact) mass is 254 g/mol. The van der Waals surface area contributed by atoms with Crippen LogP contribution >= 0.6 is 0 Å². The van der Waals surface area contributed by atoms with E-state index in [4.69, 9.17) is 5.11 Å². The molecular formula is C16H18N2O. The van der Waals surface area contributed by atoms with Crippen LogP contribution in [-0.2, 0) is 13.0 Å². The number of anilines is 2. The third kappa shape index (κ3) is 2.42. The van der Waals surface area contributed by atoms with E-state index in [2.05, 4.69) is 52.7 Å². The lowest BCUT2D eigenvalue weighted by molar-refractivity contribution is 0.300. The van der Waals surface area contributed by atoms with Gasteiger partial charge in [-0.15, -0.1) is 0 Å². The molecule has 1 heterocycles. The average Bonchev–Trinajstić information content (AvgIpc) is 2.85. The zero-order chi connectivity index (χ0) is 13.1. The van der Waals surface area contributed by atoms with Gasteiger partial charge in [0.1, 0.15) is 0 Å². The number of hydrogen-bond donors (Lipinski definition) is 2. The topological polar surface area (TPSA) is 35.5 Å². The number of aliphatic hydroxyl groups is 1. The van der Waals surface area contributed by atoms with Crippen LogP contribution in [0.15, 0.2) is 48.5 Å². The number of nitrogens with one attached hydrogen (secondary N) is 1. The van der Waals surface area contributed by atoms with Gasteiger partial charge in [0.05, 0.1) is 18.0 Å². The average molecular weight is 254 g/mol. The molecule has 3 nitrogen and oxygen atoms in total. The van der Waals surface area contributed by atoms with E-state index in [1.54, 1.807) is 0 Å². The smallest absolute Gasteiger partial charge is 0.0881 e. The van der Waals surface area contributed by atoms with Crippen LogP contribution in [0.3, 0.4) is 0 Å². The van der Waals surface area contributed by atoms with Crippen molar-refractivity contribution in [2.45, 2.75) is 13.0 Å². The predicted molar refractivity (Wildman–Crippen MR) is 78.3 cm³/mol. The van der Waals surface area contributed by atoms with Gasteiger partial charge in [-0.1, -0.05) is 42.5 Å². The summed E-state index contributed by atoms with van der Waals surface area (Å²) in [7, 11) is 0. The summed E-state index contributed by atoms with van der Waals surface area (Å²) in [6.07, 6.45) is 0.704. The number of rotatable bonds is 4. The molecule has 0 saturated heterocycles. The van der Waals surface area contributed by atoms with Gasteiger partial charge in [0, 0.05) is 13.2 Å². The normalized spacial score (nSPS) is 13.2. The van der Waals surface area contributed by atoms with Crippen molar-refractivity contribution in [2.75, 3.05) is 23.5 Å². The summed E-state index contributed by atoms with van der Waals surface area (Å²) in [5.41, 5.74) is 4.91. The third-order valence-corrected chi connectivity index (χ3v) is 3.51. The Morgan fingerprint density at radius 3 is 2.68 bits per heavy atom. The van der Waals surface area contributed by atoms with Gasteiger partial charge in [-0.3, -0.25) is 0 Å². The van der Waals surface area contributed by atoms with Crippen LogP contribution in [0.4, 0.5) is 11.4 Å². The molecule has 0 aliphatic carbocycles. The second-order valence-corrected chi connectivity index (χ2v) is 4.80. The third-order valence-electron chi connectivity index (χ3n) is 3.51. The maximum Gasteiger partial charge on any atom is 0.0881 e. The Morgan fingerprint density at radius 1 is 1.05 bits per heavy atom. The van der Waals surface area contributed by atoms with Crippen molar-refractivity contribution in [3.63, 3.8) is 0 Å². The highest BCUT2D eigenvalue weighted by atomic mass is 16.2. The van der Waals surface area contributed by atoms with Crippen LogP contribution in [-0.4, -0.2) is 18.4 Å². The minimum Gasteiger partial charge on any atom is -0.396 e. The highest BCUT2D eigenvalue weighted by molar-refractivity contribution is 5.78. The minimum absolute atomic E-state index is 0.191. The van der Waals surface area contributed by atoms with Crippen molar-refractivity contribution in [1.82, 2.24) is 0 Å². The number of nitrogens with zero attached hydrogens (tertiary/aromatic N) is 1. The van der Waals surface area contributed by atoms with E-state index in [1.807, 2.05) is 6.07 Å². The SMILES string of the molecule is OCCc1cccc2c1NCN2Cc1ccccc1. The van der Waals surface area contributed by atoms with Gasteiger partial charge in [-0.25, -0.2) is 0 Å². The van der Waals surface area contributed by atoms with E-state index in [1.165, 1.54) is 22.5 Å². The molecule has 0 atom stereocenters. The van der Waals surface area contributed by atoms with Gasteiger partial charge in [0.25, 0.3) is 0 Å². The molecule has 0 amide bonds. The zero-order valence-corrected chi connectivity index (χ0v) is 10.8. The molecule has 0 radical (unpaired) electrons. The molecule has 0 aromatic heterocycles. The first-order valence-electron chi connectivity index (χ1n) is 6.64. The van der Waals surface area contributed by atoms with Crippen LogP contribution in [0.5, 0.6) is 0 Å². The van der Waals surface area contributed by atoms with Crippen LogP contribution in [0.2, 0.25) is 0 Å². The van der Waals surface area contributed by atoms with Crippen LogP contribution in [0.1, 0.15) is 11.1 Å². The summed E-state index contributed by atoms with van der Waals surface area (Å²) >= 11 is 0. The summed E-state index contributed by atoms with van der Waals surface area (Å²) in [6, 6.07) is 16.8. The maximum absolute atomic E-state index is 9.11. The maximum atomic E-state index is 9.11. The molecular weight excluding hydrogens is 236 g/mol. The Hall–Kier alpha value is -2.00. The first-order chi connectivity index (χ1) is 9.38. The second-order valence-electron chi connectivity index (χ2n) is 4.80. The molecule has 1 aliphatic rings. The largest absolute Gasteiger partial charge is 0.396 e. The fourth-order valence-corrected chi connectivity index (χ4v) is 2.59. The molecule has 98 valence electrons. The molecule has 1 aliphatic heterocycles. The summed E-state index contributed by atoms with van der Waals surface area (Å²) < 4.78 is 0. The van der Waals surface area contributed by atoms with Gasteiger partial charge >= 0.3 is 0 Å². The molecule has 2 N–H and O–H groups in total. The van der Waals surface area contributed by atoms with Crippen LogP contribution in [0.25, 0.3) is 0 Å². The number of para-hydroxylation sites is 1. The molecule has 0 unspecified atom stereocenters. The fourth-order valence-electron chi connectivity index (χ4n) is 2.59. The molecule has 19 heavy (non-hydrogen) atoms. The van der Waals surface area contributed by atoms with Crippen LogP contribution in [0, 0.1) is 0 Å². The Bertz CT molecular complexity index is 554. The first-order valence-corrected chi connectivity index (χ1v) is 6.64. The number of benzene rings is 2. The van der Waals surface area contributed by atoms with Crippen molar-refractivity contribution in [2.24, 2.45) is 0 Å². The molecule has 0 bridgehead atoms. The molecule has 3 rings (SSSR count). The lowest BCUT2D eigenvalue weighted by Crippen LogP contribution is -2.21. The standard InChI is InChI=1S/C16H18N2O/c19-10-9-14-7-4-8-15-16(14)17-12-18(15)11-13-5-2-1-3-6-13/h1-8,17,19H,9-12H2. The molecule has 2 aromatic rings. The van der Waals surface area contributed by atoms with Crippen molar-refractivity contribution in [3.8, 4) is 0 Å². The van der Waals surface area contributed by atoms with Gasteiger partial charge in [0.15, 0.2) is 0 Å². The number of hydrogen-bond acceptors (Lipinski definition) is 3. The van der Waals surface area contributed by atoms with E-state index in [0.717, 1.165) is 13.2 Å². The van der Waals surface area contributed by atoms with E-state index in [9.17, 15) is 0 Å². The van der Waals surface area contributed by atoms with Crippen molar-refractivity contribution in [3.05, 3.63) is 59.7 Å². The predicted octanol–water partition coefficient (Wildman–Crippen LogP) is 2.61. The highest BCUT2D eigenvalue weighted by Crippen LogP contribution is 2.35. The summed E-state index contributed by atoms with van der Waals surface area (Å²) in [4.78, 5) is 2.32. The lowest BCUT2D eigenvalue weighted by Gasteiger charge is -2.18. The van der Waals surface area contributed by atoms with E-state index < -0.39 is 0 Å². The lowest BCUT2D eigenvalue weighted by atomic mass is 10.1. The number of fused-ring (bicyclic) bond motifs is 1. The Labute approximate surface area is 113 Å². The Balaban J connectivity index is 1.84. The van der Waals surface area contributed by atoms with E-state index >= 15 is 0 Å². The zero-order valence-electron chi connectivity index (χ0n) is 10.8. The summed E-state index contributed by atoms with van der Waals surface area (Å²) in [5.74, 6) is 0. The summed E-state index contributed by atoms with van der Waals surface area (Å²) in [5, 5.41) is 12.5. The fraction of sp³-hybridized carbons (Fsp3) is 0.250. The van der Waals surface area contributed by atoms with Gasteiger partial charge in [-0.05, 0) is 23.6 Å². The first kappa shape index (κ1) is 12.1. The van der Waals surface area contributed by atoms with Crippen molar-refractivity contribution in [1.29, 1.82) is 0 Å². The minimum atomic E-state index is 0.191. The Kier molecular flexibility index (Phi) is 3.38. The molecule has 0 saturated carbocycles. The van der Waals surface area contributed by atoms with E-state index in [0.29, 0.717) is 6.42 Å². The van der Waals surface area contributed by atoms with Gasteiger partial charge in [0.2, 0.25) is 0 Å². The molecule has 2 aromatic carbocycles. The molecule has 3 heteroatoms. The highest BCUT2D eigenvalue weighted by Gasteiger charge is 2.20. The molecule has 0 fully saturated rings. The Morgan fingerprint density at radius 2 is 1.89 bits per heavy atom. The van der Waals surface area contributed by atoms with E-state index in [-0.39, 0.29) is 6.61 Å². The van der Waals surface area contributed by atoms with Gasteiger partial charge < -0.3 is 15.3 Å². The molecule has 0 spiro atoms. The van der Waals surface area contributed by atoms with Crippen molar-refractivity contribution < 1.29 is 5.11 Å². The quantitative estimate of drug-likeness (QED) is 0.880. The second kappa shape index (κ2) is 5.33. The van der Waals surface area contributed by atoms with Crippen molar-refractivity contribution >= 4 is 11.4 Å². The van der Waals surface area contributed by atoms with Gasteiger partial charge in [-0.2, -0.15) is 0 Å². The summed E-state index contributed by atoms with van der Waals surface area (Å²) in [6.45, 7) is 1.92.